The Morgan fingerprint density at radius 1 is 1.10 bits per heavy atom. The summed E-state index contributed by atoms with van der Waals surface area (Å²) in [4.78, 5) is 17.9. The number of β-amino-alcohol motifs (C(OH)–C–C–N with tert-alkyl or cyclic N) is 1. The van der Waals surface area contributed by atoms with Gasteiger partial charge in [-0.1, -0.05) is 6.92 Å². The second-order valence-corrected chi connectivity index (χ2v) is 5.77. The van der Waals surface area contributed by atoms with Crippen LogP contribution in [0.5, 0.6) is 0 Å². The molecule has 2 N–H and O–H groups in total. The molecular weight excluding hydrogens is 268 g/mol. The fourth-order valence-electron chi connectivity index (χ4n) is 2.79. The SMILES string of the molecule is CCCNc1nc(N2CCCC2)nc(N2CCC(O)C2)n1. The van der Waals surface area contributed by atoms with Crippen molar-refractivity contribution >= 4 is 17.8 Å². The van der Waals surface area contributed by atoms with E-state index >= 15 is 0 Å². The van der Waals surface area contributed by atoms with E-state index in [4.69, 9.17) is 0 Å². The van der Waals surface area contributed by atoms with Crippen LogP contribution in [-0.4, -0.2) is 58.9 Å². The smallest absolute Gasteiger partial charge is 0.232 e. The zero-order valence-electron chi connectivity index (χ0n) is 12.6. The van der Waals surface area contributed by atoms with Gasteiger partial charge in [-0.25, -0.2) is 0 Å². The number of aliphatic hydroxyl groups is 1. The summed E-state index contributed by atoms with van der Waals surface area (Å²) < 4.78 is 0. The van der Waals surface area contributed by atoms with E-state index in [1.807, 2.05) is 4.90 Å². The quantitative estimate of drug-likeness (QED) is 0.833. The molecule has 0 radical (unpaired) electrons. The second-order valence-electron chi connectivity index (χ2n) is 5.77. The van der Waals surface area contributed by atoms with Crippen LogP contribution in [0.2, 0.25) is 0 Å². The number of hydrogen-bond acceptors (Lipinski definition) is 7. The Morgan fingerprint density at radius 2 is 1.81 bits per heavy atom. The summed E-state index contributed by atoms with van der Waals surface area (Å²) in [5.74, 6) is 2.09. The molecule has 2 aliphatic heterocycles. The summed E-state index contributed by atoms with van der Waals surface area (Å²) in [6, 6.07) is 0. The van der Waals surface area contributed by atoms with Crippen molar-refractivity contribution in [3.8, 4) is 0 Å². The van der Waals surface area contributed by atoms with E-state index in [2.05, 4.69) is 32.1 Å². The number of anilines is 3. The van der Waals surface area contributed by atoms with Gasteiger partial charge < -0.3 is 20.2 Å². The average Bonchev–Trinajstić information content (AvgIpc) is 3.16. The molecule has 1 aromatic rings. The topological polar surface area (TPSA) is 77.4 Å². The van der Waals surface area contributed by atoms with E-state index in [-0.39, 0.29) is 6.10 Å². The van der Waals surface area contributed by atoms with Gasteiger partial charge in [-0.05, 0) is 25.7 Å². The molecule has 0 bridgehead atoms. The number of aromatic nitrogens is 3. The number of nitrogens with one attached hydrogen (secondary N) is 1. The molecule has 3 heterocycles. The van der Waals surface area contributed by atoms with Gasteiger partial charge in [0.25, 0.3) is 0 Å². The Hall–Kier alpha value is -1.63. The van der Waals surface area contributed by atoms with Crippen molar-refractivity contribution in [3.63, 3.8) is 0 Å². The van der Waals surface area contributed by atoms with Gasteiger partial charge in [-0.15, -0.1) is 0 Å². The zero-order valence-corrected chi connectivity index (χ0v) is 12.6. The summed E-state index contributed by atoms with van der Waals surface area (Å²) in [6.07, 6.45) is 3.93. The maximum Gasteiger partial charge on any atom is 0.232 e. The van der Waals surface area contributed by atoms with Gasteiger partial charge in [0.15, 0.2) is 0 Å². The second kappa shape index (κ2) is 6.43. The Labute approximate surface area is 125 Å². The first kappa shape index (κ1) is 14.3. The molecular formula is C14H24N6O. The first-order valence-electron chi connectivity index (χ1n) is 7.94. The monoisotopic (exact) mass is 292 g/mol. The molecule has 0 aromatic carbocycles. The van der Waals surface area contributed by atoms with Gasteiger partial charge >= 0.3 is 0 Å². The van der Waals surface area contributed by atoms with Crippen LogP contribution in [0.3, 0.4) is 0 Å². The first-order valence-corrected chi connectivity index (χ1v) is 7.94. The van der Waals surface area contributed by atoms with Crippen LogP contribution in [-0.2, 0) is 0 Å². The number of rotatable bonds is 5. The molecule has 116 valence electrons. The van der Waals surface area contributed by atoms with Crippen molar-refractivity contribution in [3.05, 3.63) is 0 Å². The van der Waals surface area contributed by atoms with E-state index in [0.717, 1.165) is 45.0 Å². The summed E-state index contributed by atoms with van der Waals surface area (Å²) in [6.45, 7) is 6.41. The lowest BCUT2D eigenvalue weighted by atomic mass is 10.3. The molecule has 21 heavy (non-hydrogen) atoms. The predicted octanol–water partition coefficient (Wildman–Crippen LogP) is 0.865. The van der Waals surface area contributed by atoms with Crippen molar-refractivity contribution in [1.29, 1.82) is 0 Å². The van der Waals surface area contributed by atoms with Crippen LogP contribution in [0.1, 0.15) is 32.6 Å². The minimum atomic E-state index is -0.274. The lowest BCUT2D eigenvalue weighted by Crippen LogP contribution is -2.27. The fraction of sp³-hybridized carbons (Fsp3) is 0.786. The molecule has 0 spiro atoms. The molecule has 0 amide bonds. The highest BCUT2D eigenvalue weighted by molar-refractivity contribution is 5.46. The molecule has 2 fully saturated rings. The van der Waals surface area contributed by atoms with Gasteiger partial charge in [0, 0.05) is 32.7 Å². The first-order chi connectivity index (χ1) is 10.3. The van der Waals surface area contributed by atoms with E-state index < -0.39 is 0 Å². The average molecular weight is 292 g/mol. The van der Waals surface area contributed by atoms with Gasteiger partial charge in [0.05, 0.1) is 6.10 Å². The Bertz CT molecular complexity index is 477. The third-order valence-electron chi connectivity index (χ3n) is 3.98. The van der Waals surface area contributed by atoms with Crippen molar-refractivity contribution in [2.75, 3.05) is 47.8 Å². The number of aliphatic hydroxyl groups excluding tert-OH is 1. The van der Waals surface area contributed by atoms with Gasteiger partial charge in [0.2, 0.25) is 17.8 Å². The zero-order chi connectivity index (χ0) is 14.7. The fourth-order valence-corrected chi connectivity index (χ4v) is 2.79. The molecule has 2 aliphatic rings. The van der Waals surface area contributed by atoms with E-state index in [9.17, 15) is 5.11 Å². The highest BCUT2D eigenvalue weighted by atomic mass is 16.3. The maximum atomic E-state index is 9.71. The van der Waals surface area contributed by atoms with E-state index in [1.165, 1.54) is 12.8 Å². The highest BCUT2D eigenvalue weighted by Crippen LogP contribution is 2.22. The maximum absolute atomic E-state index is 9.71. The normalized spacial score (nSPS) is 22.1. The minimum absolute atomic E-state index is 0.274. The Morgan fingerprint density at radius 3 is 2.43 bits per heavy atom. The van der Waals surface area contributed by atoms with Crippen molar-refractivity contribution in [2.24, 2.45) is 0 Å². The lowest BCUT2D eigenvalue weighted by Gasteiger charge is -2.20. The molecule has 0 aliphatic carbocycles. The summed E-state index contributed by atoms with van der Waals surface area (Å²) in [5, 5.41) is 13.0. The molecule has 1 aromatic heterocycles. The molecule has 2 saturated heterocycles. The molecule has 0 saturated carbocycles. The lowest BCUT2D eigenvalue weighted by molar-refractivity contribution is 0.198. The third kappa shape index (κ3) is 3.34. The highest BCUT2D eigenvalue weighted by Gasteiger charge is 2.25. The summed E-state index contributed by atoms with van der Waals surface area (Å²) >= 11 is 0. The summed E-state index contributed by atoms with van der Waals surface area (Å²) in [7, 11) is 0. The molecule has 1 unspecified atom stereocenters. The molecule has 1 atom stereocenters. The largest absolute Gasteiger partial charge is 0.391 e. The van der Waals surface area contributed by atoms with Crippen LogP contribution in [0.15, 0.2) is 0 Å². The number of hydrogen-bond donors (Lipinski definition) is 2. The van der Waals surface area contributed by atoms with Crippen LogP contribution in [0, 0.1) is 0 Å². The van der Waals surface area contributed by atoms with E-state index in [0.29, 0.717) is 18.4 Å². The Balaban J connectivity index is 1.84. The minimum Gasteiger partial charge on any atom is -0.391 e. The molecule has 7 heteroatoms. The predicted molar refractivity (Wildman–Crippen MR) is 82.9 cm³/mol. The van der Waals surface area contributed by atoms with Crippen molar-refractivity contribution < 1.29 is 5.11 Å². The van der Waals surface area contributed by atoms with Crippen LogP contribution < -0.4 is 15.1 Å². The van der Waals surface area contributed by atoms with E-state index in [1.54, 1.807) is 0 Å². The van der Waals surface area contributed by atoms with Gasteiger partial charge in [-0.3, -0.25) is 0 Å². The Kier molecular flexibility index (Phi) is 4.38. The van der Waals surface area contributed by atoms with Crippen molar-refractivity contribution in [1.82, 2.24) is 15.0 Å². The summed E-state index contributed by atoms with van der Waals surface area (Å²) in [5.41, 5.74) is 0. The van der Waals surface area contributed by atoms with Crippen molar-refractivity contribution in [2.45, 2.75) is 38.7 Å². The van der Waals surface area contributed by atoms with Crippen LogP contribution in [0.4, 0.5) is 17.8 Å². The number of nitrogens with zero attached hydrogens (tertiary/aromatic N) is 5. The van der Waals surface area contributed by atoms with Crippen LogP contribution >= 0.6 is 0 Å². The van der Waals surface area contributed by atoms with Gasteiger partial charge in [-0.2, -0.15) is 15.0 Å². The standard InChI is InChI=1S/C14H24N6O/c1-2-6-15-12-16-13(19-7-3-4-8-19)18-14(17-12)20-9-5-11(21)10-20/h11,21H,2-10H2,1H3,(H,15,16,17,18). The third-order valence-corrected chi connectivity index (χ3v) is 3.98. The van der Waals surface area contributed by atoms with Gasteiger partial charge in [0.1, 0.15) is 0 Å². The van der Waals surface area contributed by atoms with Crippen LogP contribution in [0.25, 0.3) is 0 Å². The molecule has 3 rings (SSSR count). The molecule has 7 nitrogen and oxygen atoms in total.